The second-order valence-corrected chi connectivity index (χ2v) is 9.82. The van der Waals surface area contributed by atoms with E-state index in [4.69, 9.17) is 4.43 Å². The van der Waals surface area contributed by atoms with Crippen LogP contribution in [0.3, 0.4) is 0 Å². The van der Waals surface area contributed by atoms with Crippen molar-refractivity contribution < 1.29 is 26.4 Å². The van der Waals surface area contributed by atoms with Crippen molar-refractivity contribution in [2.75, 3.05) is 7.11 Å². The van der Waals surface area contributed by atoms with Crippen molar-refractivity contribution in [3.8, 4) is 11.1 Å². The summed E-state index contributed by atoms with van der Waals surface area (Å²) in [6, 6.07) is 7.61. The van der Waals surface area contributed by atoms with Crippen molar-refractivity contribution in [2.24, 2.45) is 0 Å². The van der Waals surface area contributed by atoms with Gasteiger partial charge in [0.05, 0.1) is 5.56 Å². The van der Waals surface area contributed by atoms with Crippen LogP contribution in [0.4, 0.5) is 22.0 Å². The van der Waals surface area contributed by atoms with Crippen LogP contribution in [0.5, 0.6) is 0 Å². The molecule has 0 saturated carbocycles. The highest BCUT2D eigenvalue weighted by Gasteiger charge is 2.32. The van der Waals surface area contributed by atoms with Gasteiger partial charge in [-0.3, -0.25) is 0 Å². The van der Waals surface area contributed by atoms with E-state index in [9.17, 15) is 22.0 Å². The number of rotatable bonds is 5. The summed E-state index contributed by atoms with van der Waals surface area (Å²) >= 11 is 0. The van der Waals surface area contributed by atoms with Gasteiger partial charge >= 0.3 is 0 Å². The third-order valence-electron chi connectivity index (χ3n) is 4.44. The molecule has 0 unspecified atom stereocenters. The van der Waals surface area contributed by atoms with Gasteiger partial charge in [0, 0.05) is 7.11 Å². The summed E-state index contributed by atoms with van der Waals surface area (Å²) in [6.07, 6.45) is 0. The van der Waals surface area contributed by atoms with E-state index in [0.29, 0.717) is 0 Å². The Bertz CT molecular complexity index is 704. The minimum absolute atomic E-state index is 0.0715. The molecule has 0 heterocycles. The minimum atomic E-state index is -2.17. The summed E-state index contributed by atoms with van der Waals surface area (Å²) < 4.78 is 73.3. The maximum Gasteiger partial charge on any atom is 0.223 e. The Morgan fingerprint density at radius 3 is 1.54 bits per heavy atom. The lowest BCUT2D eigenvalue weighted by atomic mass is 10.0. The zero-order chi connectivity index (χ0) is 18.1. The molecule has 24 heavy (non-hydrogen) atoms. The Kier molecular flexibility index (Phi) is 5.44. The molecule has 0 radical (unpaired) electrons. The van der Waals surface area contributed by atoms with E-state index in [0.717, 1.165) is 17.3 Å². The molecule has 0 bridgehead atoms. The van der Waals surface area contributed by atoms with Crippen LogP contribution in [-0.4, -0.2) is 15.4 Å². The standard InChI is InChI=1S/C17H17F5OSi/c1-4-24(5-2,23-3)11-8-6-10(7-9-11)12-13(18)15(20)17(22)16(21)14(12)19/h6-9H,4-5H2,1-3H3. The van der Waals surface area contributed by atoms with Gasteiger partial charge in [-0.25, -0.2) is 22.0 Å². The molecule has 0 atom stereocenters. The zero-order valence-corrected chi connectivity index (χ0v) is 14.5. The quantitative estimate of drug-likeness (QED) is 0.319. The summed E-state index contributed by atoms with van der Waals surface area (Å²) in [4.78, 5) is 0. The Hall–Kier alpha value is -1.73. The van der Waals surface area contributed by atoms with Gasteiger partial charge in [-0.1, -0.05) is 38.1 Å². The van der Waals surface area contributed by atoms with Gasteiger partial charge in [-0.2, -0.15) is 0 Å². The summed E-state index contributed by atoms with van der Waals surface area (Å²) in [6.45, 7) is 3.99. The maximum absolute atomic E-state index is 13.9. The van der Waals surface area contributed by atoms with Crippen LogP contribution in [-0.2, 0) is 4.43 Å². The monoisotopic (exact) mass is 360 g/mol. The number of hydrogen-bond donors (Lipinski definition) is 0. The fraction of sp³-hybridized carbons (Fsp3) is 0.294. The molecule has 0 aromatic heterocycles. The SMILES string of the molecule is CC[Si](CC)(OC)c1ccc(-c2c(F)c(F)c(F)c(F)c2F)cc1. The average Bonchev–Trinajstić information content (AvgIpc) is 2.61. The van der Waals surface area contributed by atoms with Crippen LogP contribution in [0.1, 0.15) is 13.8 Å². The fourth-order valence-corrected chi connectivity index (χ4v) is 5.77. The molecule has 1 nitrogen and oxygen atoms in total. The van der Waals surface area contributed by atoms with Crippen LogP contribution in [0.25, 0.3) is 11.1 Å². The first-order chi connectivity index (χ1) is 11.3. The van der Waals surface area contributed by atoms with Crippen LogP contribution in [0.15, 0.2) is 24.3 Å². The third-order valence-corrected chi connectivity index (χ3v) is 8.89. The zero-order valence-electron chi connectivity index (χ0n) is 13.5. The van der Waals surface area contributed by atoms with E-state index >= 15 is 0 Å². The van der Waals surface area contributed by atoms with Crippen LogP contribution >= 0.6 is 0 Å². The van der Waals surface area contributed by atoms with Crippen molar-refractivity contribution in [2.45, 2.75) is 25.9 Å². The largest absolute Gasteiger partial charge is 0.416 e. The van der Waals surface area contributed by atoms with E-state index in [1.165, 1.54) is 12.1 Å². The summed E-state index contributed by atoms with van der Waals surface area (Å²) in [5.41, 5.74) is -0.992. The van der Waals surface area contributed by atoms with Gasteiger partial charge < -0.3 is 4.43 Å². The number of hydrogen-bond acceptors (Lipinski definition) is 1. The van der Waals surface area contributed by atoms with Crippen LogP contribution in [0, 0.1) is 29.1 Å². The van der Waals surface area contributed by atoms with Gasteiger partial charge in [0.2, 0.25) is 14.1 Å². The van der Waals surface area contributed by atoms with E-state index in [1.54, 1.807) is 19.2 Å². The fourth-order valence-electron chi connectivity index (χ4n) is 2.86. The van der Waals surface area contributed by atoms with E-state index in [1.807, 2.05) is 13.8 Å². The average molecular weight is 360 g/mol. The lowest BCUT2D eigenvalue weighted by molar-refractivity contribution is 0.381. The second-order valence-electron chi connectivity index (χ2n) is 5.43. The molecule has 0 saturated heterocycles. The minimum Gasteiger partial charge on any atom is -0.416 e. The molecular formula is C17H17F5OSi. The normalized spacial score (nSPS) is 11.8. The first-order valence-electron chi connectivity index (χ1n) is 7.50. The lowest BCUT2D eigenvalue weighted by Crippen LogP contribution is -2.48. The molecule has 2 aromatic carbocycles. The first kappa shape index (κ1) is 18.6. The van der Waals surface area contributed by atoms with Crippen LogP contribution in [0.2, 0.25) is 12.1 Å². The third kappa shape index (κ3) is 2.86. The van der Waals surface area contributed by atoms with Gasteiger partial charge in [-0.05, 0) is 22.8 Å². The topological polar surface area (TPSA) is 9.23 Å². The lowest BCUT2D eigenvalue weighted by Gasteiger charge is -2.27. The highest BCUT2D eigenvalue weighted by Crippen LogP contribution is 2.31. The molecule has 0 fully saturated rings. The molecule has 2 rings (SSSR count). The first-order valence-corrected chi connectivity index (χ1v) is 9.82. The van der Waals surface area contributed by atoms with E-state index < -0.39 is 43.0 Å². The van der Waals surface area contributed by atoms with Crippen LogP contribution < -0.4 is 5.19 Å². The Balaban J connectivity index is 2.58. The molecule has 0 aliphatic carbocycles. The molecule has 130 valence electrons. The van der Waals surface area contributed by atoms with Gasteiger partial charge in [0.1, 0.15) is 0 Å². The van der Waals surface area contributed by atoms with Crippen molar-refractivity contribution in [1.29, 1.82) is 0 Å². The van der Waals surface area contributed by atoms with Crippen molar-refractivity contribution in [3.63, 3.8) is 0 Å². The molecule has 0 aliphatic heterocycles. The van der Waals surface area contributed by atoms with E-state index in [-0.39, 0.29) is 5.56 Å². The number of benzene rings is 2. The van der Waals surface area contributed by atoms with Gasteiger partial charge in [-0.15, -0.1) is 0 Å². The molecule has 0 spiro atoms. The Morgan fingerprint density at radius 1 is 0.750 bits per heavy atom. The maximum atomic E-state index is 13.9. The summed E-state index contributed by atoms with van der Waals surface area (Å²) in [5, 5.41) is 0.905. The highest BCUT2D eigenvalue weighted by molar-refractivity contribution is 6.86. The molecule has 2 aromatic rings. The predicted octanol–water partition coefficient (Wildman–Crippen LogP) is 4.89. The summed E-state index contributed by atoms with van der Waals surface area (Å²) in [7, 11) is -0.549. The molecule has 0 N–H and O–H groups in total. The highest BCUT2D eigenvalue weighted by atomic mass is 28.4. The predicted molar refractivity (Wildman–Crippen MR) is 85.0 cm³/mol. The Morgan fingerprint density at radius 2 is 1.17 bits per heavy atom. The molecule has 0 amide bonds. The number of halogens is 5. The molecule has 7 heteroatoms. The second kappa shape index (κ2) is 7.02. The van der Waals surface area contributed by atoms with Crippen molar-refractivity contribution in [3.05, 3.63) is 53.4 Å². The Labute approximate surface area is 138 Å². The van der Waals surface area contributed by atoms with E-state index in [2.05, 4.69) is 0 Å². The van der Waals surface area contributed by atoms with Gasteiger partial charge in [0.25, 0.3) is 0 Å². The summed E-state index contributed by atoms with van der Waals surface area (Å²) in [5.74, 6) is -9.72. The van der Waals surface area contributed by atoms with Crippen molar-refractivity contribution >= 4 is 13.5 Å². The van der Waals surface area contributed by atoms with Crippen molar-refractivity contribution in [1.82, 2.24) is 0 Å². The van der Waals surface area contributed by atoms with Gasteiger partial charge in [0.15, 0.2) is 23.3 Å². The molecule has 0 aliphatic rings. The molecular weight excluding hydrogens is 343 g/mol. The smallest absolute Gasteiger partial charge is 0.223 e.